The summed E-state index contributed by atoms with van der Waals surface area (Å²) in [6, 6.07) is 7.75. The zero-order chi connectivity index (χ0) is 20.1. The molecule has 1 aromatic carbocycles. The highest BCUT2D eigenvalue weighted by Crippen LogP contribution is 2.36. The minimum absolute atomic E-state index is 0.222. The third-order valence-corrected chi connectivity index (χ3v) is 6.45. The van der Waals surface area contributed by atoms with Crippen molar-refractivity contribution in [3.05, 3.63) is 39.7 Å². The molecule has 7 nitrogen and oxygen atoms in total. The molecular formula is C18H19BrN4O3S2. The molecule has 0 spiro atoms. The summed E-state index contributed by atoms with van der Waals surface area (Å²) >= 11 is 6.56. The smallest absolute Gasteiger partial charge is 0.219 e. The van der Waals surface area contributed by atoms with Crippen LogP contribution in [0.2, 0.25) is 0 Å². The number of benzene rings is 1. The van der Waals surface area contributed by atoms with Crippen molar-refractivity contribution in [1.82, 2.24) is 14.8 Å². The fourth-order valence-corrected chi connectivity index (χ4v) is 4.73. The standard InChI is InChI=1S/C18H19BrN4O3S2/c1-25-13-9-12(19)14(26-2)8-11(13)10-28-18-22-21-17(15-4-3-7-27-15)23(18)6-5-16(20)24/h3-4,7-9H,5-6,10H2,1-2H3,(H2,20,24). The van der Waals surface area contributed by atoms with Gasteiger partial charge < -0.3 is 19.8 Å². The molecule has 0 aliphatic rings. The molecule has 0 aliphatic carbocycles. The van der Waals surface area contributed by atoms with Crippen LogP contribution in [-0.4, -0.2) is 34.9 Å². The van der Waals surface area contributed by atoms with Crippen LogP contribution >= 0.6 is 39.0 Å². The number of hydrogen-bond acceptors (Lipinski definition) is 7. The molecule has 0 radical (unpaired) electrons. The van der Waals surface area contributed by atoms with Crippen LogP contribution in [0.3, 0.4) is 0 Å². The second kappa shape index (κ2) is 9.44. The van der Waals surface area contributed by atoms with Crippen LogP contribution in [-0.2, 0) is 17.1 Å². The van der Waals surface area contributed by atoms with Crippen molar-refractivity contribution in [1.29, 1.82) is 0 Å². The van der Waals surface area contributed by atoms with Crippen molar-refractivity contribution < 1.29 is 14.3 Å². The Kier molecular flexibility index (Phi) is 6.97. The van der Waals surface area contributed by atoms with Gasteiger partial charge in [-0.25, -0.2) is 0 Å². The molecule has 3 rings (SSSR count). The van der Waals surface area contributed by atoms with Crippen LogP contribution in [0.4, 0.5) is 0 Å². The molecular weight excluding hydrogens is 464 g/mol. The molecule has 0 unspecified atom stereocenters. The highest BCUT2D eigenvalue weighted by Gasteiger charge is 2.17. The van der Waals surface area contributed by atoms with E-state index in [0.29, 0.717) is 17.5 Å². The first-order chi connectivity index (χ1) is 13.5. The Bertz CT molecular complexity index is 960. The van der Waals surface area contributed by atoms with E-state index in [2.05, 4.69) is 26.1 Å². The molecule has 3 aromatic rings. The summed E-state index contributed by atoms with van der Waals surface area (Å²) in [6.45, 7) is 0.429. The van der Waals surface area contributed by atoms with Gasteiger partial charge in [0.1, 0.15) is 11.5 Å². The summed E-state index contributed by atoms with van der Waals surface area (Å²) in [5, 5.41) is 11.4. The predicted octanol–water partition coefficient (Wildman–Crippen LogP) is 3.95. The predicted molar refractivity (Wildman–Crippen MR) is 114 cm³/mol. The van der Waals surface area contributed by atoms with Gasteiger partial charge in [0.05, 0.1) is 23.6 Å². The van der Waals surface area contributed by atoms with Crippen molar-refractivity contribution in [3.8, 4) is 22.2 Å². The van der Waals surface area contributed by atoms with Gasteiger partial charge in [-0.05, 0) is 39.5 Å². The van der Waals surface area contributed by atoms with E-state index in [1.165, 1.54) is 11.8 Å². The Balaban J connectivity index is 1.87. The number of ether oxygens (including phenoxy) is 2. The zero-order valence-corrected chi connectivity index (χ0v) is 18.6. The van der Waals surface area contributed by atoms with Gasteiger partial charge in [0.25, 0.3) is 0 Å². The number of halogens is 1. The zero-order valence-electron chi connectivity index (χ0n) is 15.3. The number of carbonyl (C=O) groups is 1. The van der Waals surface area contributed by atoms with E-state index in [1.54, 1.807) is 25.6 Å². The average Bonchev–Trinajstić information content (AvgIpc) is 3.34. The van der Waals surface area contributed by atoms with Gasteiger partial charge in [-0.15, -0.1) is 21.5 Å². The third kappa shape index (κ3) is 4.68. The fraction of sp³-hybridized carbons (Fsp3) is 0.278. The Morgan fingerprint density at radius 3 is 2.71 bits per heavy atom. The number of aromatic nitrogens is 3. The monoisotopic (exact) mass is 482 g/mol. The minimum atomic E-state index is -0.360. The molecule has 0 saturated heterocycles. The number of nitrogens with zero attached hydrogens (tertiary/aromatic N) is 3. The molecule has 0 fully saturated rings. The van der Waals surface area contributed by atoms with E-state index < -0.39 is 0 Å². The first-order valence-corrected chi connectivity index (χ1v) is 11.0. The molecule has 0 saturated carbocycles. The van der Waals surface area contributed by atoms with Gasteiger partial charge in [-0.1, -0.05) is 17.8 Å². The number of thioether (sulfide) groups is 1. The van der Waals surface area contributed by atoms with Crippen LogP contribution in [0.25, 0.3) is 10.7 Å². The molecule has 0 aliphatic heterocycles. The van der Waals surface area contributed by atoms with Gasteiger partial charge in [-0.2, -0.15) is 0 Å². The fourth-order valence-electron chi connectivity index (χ4n) is 2.59. The molecule has 0 bridgehead atoms. The molecule has 148 valence electrons. The number of hydrogen-bond donors (Lipinski definition) is 1. The van der Waals surface area contributed by atoms with Crippen molar-refractivity contribution in [2.45, 2.75) is 23.9 Å². The summed E-state index contributed by atoms with van der Waals surface area (Å²) in [6.07, 6.45) is 0.222. The Morgan fingerprint density at radius 1 is 1.29 bits per heavy atom. The highest BCUT2D eigenvalue weighted by molar-refractivity contribution is 9.10. The molecule has 2 N–H and O–H groups in total. The van der Waals surface area contributed by atoms with Gasteiger partial charge in [0.2, 0.25) is 5.91 Å². The molecule has 28 heavy (non-hydrogen) atoms. The van der Waals surface area contributed by atoms with E-state index >= 15 is 0 Å². The van der Waals surface area contributed by atoms with Gasteiger partial charge in [-0.3, -0.25) is 4.79 Å². The lowest BCUT2D eigenvalue weighted by atomic mass is 10.2. The summed E-state index contributed by atoms with van der Waals surface area (Å²) in [5.41, 5.74) is 6.31. The topological polar surface area (TPSA) is 92.3 Å². The Labute approximate surface area is 179 Å². The van der Waals surface area contributed by atoms with Gasteiger partial charge in [0.15, 0.2) is 11.0 Å². The second-order valence-corrected chi connectivity index (χ2v) is 8.48. The Morgan fingerprint density at radius 2 is 2.07 bits per heavy atom. The van der Waals surface area contributed by atoms with Crippen molar-refractivity contribution in [3.63, 3.8) is 0 Å². The van der Waals surface area contributed by atoms with Crippen LogP contribution < -0.4 is 15.2 Å². The molecule has 1 amide bonds. The van der Waals surface area contributed by atoms with E-state index in [9.17, 15) is 4.79 Å². The number of primary amides is 1. The largest absolute Gasteiger partial charge is 0.496 e. The number of thiophene rings is 1. The number of rotatable bonds is 9. The van der Waals surface area contributed by atoms with Gasteiger partial charge >= 0.3 is 0 Å². The normalized spacial score (nSPS) is 10.8. The maximum atomic E-state index is 11.3. The maximum absolute atomic E-state index is 11.3. The van der Waals surface area contributed by atoms with Crippen molar-refractivity contribution in [2.75, 3.05) is 14.2 Å². The Hall–Kier alpha value is -2.04. The summed E-state index contributed by atoms with van der Waals surface area (Å²) in [4.78, 5) is 12.3. The van der Waals surface area contributed by atoms with Crippen LogP contribution in [0.1, 0.15) is 12.0 Å². The summed E-state index contributed by atoms with van der Waals surface area (Å²) < 4.78 is 13.6. The van der Waals surface area contributed by atoms with E-state index in [1.807, 2.05) is 34.2 Å². The number of methoxy groups -OCH3 is 2. The second-order valence-electron chi connectivity index (χ2n) is 5.74. The highest BCUT2D eigenvalue weighted by atomic mass is 79.9. The van der Waals surface area contributed by atoms with E-state index in [-0.39, 0.29) is 12.3 Å². The number of carbonyl (C=O) groups excluding carboxylic acids is 1. The maximum Gasteiger partial charge on any atom is 0.219 e. The van der Waals surface area contributed by atoms with E-state index in [0.717, 1.165) is 32.2 Å². The first-order valence-electron chi connectivity index (χ1n) is 8.32. The molecule has 0 atom stereocenters. The average molecular weight is 483 g/mol. The third-order valence-electron chi connectivity index (χ3n) is 3.95. The van der Waals surface area contributed by atoms with Crippen LogP contribution in [0.15, 0.2) is 39.3 Å². The molecule has 2 heterocycles. The molecule has 10 heteroatoms. The van der Waals surface area contributed by atoms with Gasteiger partial charge in [0, 0.05) is 24.3 Å². The first kappa shape index (κ1) is 20.7. The number of amides is 1. The number of nitrogens with two attached hydrogens (primary N) is 1. The SMILES string of the molecule is COc1cc(CSc2nnc(-c3cccs3)n2CCC(N)=O)c(OC)cc1Br. The molecule has 2 aromatic heterocycles. The van der Waals surface area contributed by atoms with Crippen molar-refractivity contribution in [2.24, 2.45) is 5.73 Å². The van der Waals surface area contributed by atoms with Crippen LogP contribution in [0, 0.1) is 0 Å². The van der Waals surface area contributed by atoms with Crippen LogP contribution in [0.5, 0.6) is 11.5 Å². The lowest BCUT2D eigenvalue weighted by Crippen LogP contribution is -2.14. The van der Waals surface area contributed by atoms with Crippen molar-refractivity contribution >= 4 is 44.9 Å². The lowest BCUT2D eigenvalue weighted by Gasteiger charge is -2.12. The summed E-state index contributed by atoms with van der Waals surface area (Å²) in [7, 11) is 3.25. The van der Waals surface area contributed by atoms with E-state index in [4.69, 9.17) is 15.2 Å². The lowest BCUT2D eigenvalue weighted by molar-refractivity contribution is -0.118. The summed E-state index contributed by atoms with van der Waals surface area (Å²) in [5.74, 6) is 2.46. The quantitative estimate of drug-likeness (QED) is 0.464. The minimum Gasteiger partial charge on any atom is -0.496 e.